The predicted octanol–water partition coefficient (Wildman–Crippen LogP) is 3.02. The number of thiophene rings is 1. The van der Waals surface area contributed by atoms with Gasteiger partial charge in [0.1, 0.15) is 0 Å². The third-order valence-electron chi connectivity index (χ3n) is 4.75. The van der Waals surface area contributed by atoms with Crippen LogP contribution in [0.1, 0.15) is 18.2 Å². The van der Waals surface area contributed by atoms with Crippen LogP contribution in [0.3, 0.4) is 0 Å². The molecule has 0 radical (unpaired) electrons. The first-order chi connectivity index (χ1) is 13.3. The van der Waals surface area contributed by atoms with Gasteiger partial charge in [-0.25, -0.2) is 4.99 Å². The quantitative estimate of drug-likeness (QED) is 0.416. The Morgan fingerprint density at radius 1 is 1.04 bits per heavy atom. The summed E-state index contributed by atoms with van der Waals surface area (Å²) >= 11 is 1.76. The maximum absolute atomic E-state index is 4.67. The average molecular weight is 386 g/mol. The van der Waals surface area contributed by atoms with Gasteiger partial charge in [0.05, 0.1) is 6.54 Å². The highest BCUT2D eigenvalue weighted by atomic mass is 32.1. The van der Waals surface area contributed by atoms with Crippen LogP contribution in [0.4, 0.5) is 5.69 Å². The number of nitrogens with zero attached hydrogens (tertiary/aromatic N) is 3. The summed E-state index contributed by atoms with van der Waals surface area (Å²) in [5.74, 6) is 0.916. The highest BCUT2D eigenvalue weighted by Gasteiger charge is 2.16. The molecule has 0 atom stereocenters. The molecule has 3 rings (SSSR count). The molecule has 5 nitrogen and oxygen atoms in total. The van der Waals surface area contributed by atoms with Gasteiger partial charge in [-0.15, -0.1) is 11.3 Å². The Labute approximate surface area is 167 Å². The molecular formula is C21H31N5S. The van der Waals surface area contributed by atoms with Crippen LogP contribution in [0.5, 0.6) is 0 Å². The lowest BCUT2D eigenvalue weighted by molar-refractivity contribution is 0.255. The van der Waals surface area contributed by atoms with Crippen LogP contribution >= 0.6 is 11.3 Å². The van der Waals surface area contributed by atoms with Crippen molar-refractivity contribution >= 4 is 23.0 Å². The van der Waals surface area contributed by atoms with Crippen molar-refractivity contribution in [3.63, 3.8) is 0 Å². The number of nitrogens with one attached hydrogen (secondary N) is 2. The zero-order chi connectivity index (χ0) is 18.7. The number of piperazine rings is 1. The third kappa shape index (κ3) is 6.56. The molecule has 1 aliphatic rings. The van der Waals surface area contributed by atoms with E-state index in [1.165, 1.54) is 10.6 Å². The van der Waals surface area contributed by atoms with Gasteiger partial charge in [0.15, 0.2) is 5.96 Å². The molecule has 0 aliphatic carbocycles. The molecule has 1 saturated heterocycles. The summed E-state index contributed by atoms with van der Waals surface area (Å²) in [6.07, 6.45) is 1.13. The van der Waals surface area contributed by atoms with E-state index in [-0.39, 0.29) is 0 Å². The lowest BCUT2D eigenvalue weighted by Gasteiger charge is -2.36. The van der Waals surface area contributed by atoms with Gasteiger partial charge in [-0.2, -0.15) is 0 Å². The number of guanidine groups is 1. The van der Waals surface area contributed by atoms with Crippen molar-refractivity contribution in [3.8, 4) is 0 Å². The Balaban J connectivity index is 1.34. The Morgan fingerprint density at radius 3 is 2.56 bits per heavy atom. The third-order valence-corrected chi connectivity index (χ3v) is 5.62. The SMILES string of the molecule is CCNC(=NCc1cccs1)NCCCN1CCN(c2ccccc2)CC1. The topological polar surface area (TPSA) is 42.9 Å². The molecule has 0 unspecified atom stereocenters. The number of anilines is 1. The Kier molecular flexibility index (Phi) is 7.99. The summed E-state index contributed by atoms with van der Waals surface area (Å²) in [6, 6.07) is 14.9. The minimum absolute atomic E-state index is 0.744. The molecule has 2 aromatic rings. The molecule has 6 heteroatoms. The Hall–Kier alpha value is -2.05. The van der Waals surface area contributed by atoms with E-state index in [9.17, 15) is 0 Å². The minimum atomic E-state index is 0.744. The van der Waals surface area contributed by atoms with Gasteiger partial charge in [-0.3, -0.25) is 4.90 Å². The van der Waals surface area contributed by atoms with Crippen LogP contribution < -0.4 is 15.5 Å². The van der Waals surface area contributed by atoms with Crippen LogP contribution in [0.15, 0.2) is 52.8 Å². The van der Waals surface area contributed by atoms with Crippen molar-refractivity contribution in [2.75, 3.05) is 50.7 Å². The molecule has 0 bridgehead atoms. The number of hydrogen-bond donors (Lipinski definition) is 2. The van der Waals surface area contributed by atoms with E-state index in [0.717, 1.165) is 64.7 Å². The lowest BCUT2D eigenvalue weighted by atomic mass is 10.2. The molecule has 1 fully saturated rings. The summed E-state index contributed by atoms with van der Waals surface area (Å²) in [4.78, 5) is 11.0. The van der Waals surface area contributed by atoms with E-state index in [4.69, 9.17) is 0 Å². The van der Waals surface area contributed by atoms with Crippen LogP contribution in [0, 0.1) is 0 Å². The molecule has 1 aliphatic heterocycles. The van der Waals surface area contributed by atoms with Crippen molar-refractivity contribution in [2.45, 2.75) is 19.9 Å². The van der Waals surface area contributed by atoms with Gasteiger partial charge >= 0.3 is 0 Å². The fourth-order valence-electron chi connectivity index (χ4n) is 3.28. The summed E-state index contributed by atoms with van der Waals surface area (Å²) in [6.45, 7) is 10.3. The molecule has 0 saturated carbocycles. The van der Waals surface area contributed by atoms with Gasteiger partial charge < -0.3 is 15.5 Å². The van der Waals surface area contributed by atoms with E-state index in [1.54, 1.807) is 11.3 Å². The van der Waals surface area contributed by atoms with Crippen LogP contribution in [-0.2, 0) is 6.54 Å². The van der Waals surface area contributed by atoms with Crippen LogP contribution in [0.2, 0.25) is 0 Å². The first-order valence-electron chi connectivity index (χ1n) is 9.92. The van der Waals surface area contributed by atoms with Gasteiger partial charge in [-0.1, -0.05) is 24.3 Å². The molecule has 27 heavy (non-hydrogen) atoms. The monoisotopic (exact) mass is 385 g/mol. The van der Waals surface area contributed by atoms with Crippen LogP contribution in [-0.4, -0.2) is 56.7 Å². The lowest BCUT2D eigenvalue weighted by Crippen LogP contribution is -2.47. The number of benzene rings is 1. The summed E-state index contributed by atoms with van der Waals surface area (Å²) in [5.41, 5.74) is 1.34. The normalized spacial score (nSPS) is 15.7. The van der Waals surface area contributed by atoms with Crippen molar-refractivity contribution in [1.29, 1.82) is 0 Å². The molecule has 0 amide bonds. The maximum atomic E-state index is 4.67. The van der Waals surface area contributed by atoms with Crippen LogP contribution in [0.25, 0.3) is 0 Å². The molecule has 1 aromatic heterocycles. The summed E-state index contributed by atoms with van der Waals surface area (Å²) < 4.78 is 0. The zero-order valence-corrected chi connectivity index (χ0v) is 17.0. The van der Waals surface area contributed by atoms with Gasteiger partial charge in [0.2, 0.25) is 0 Å². The summed E-state index contributed by atoms with van der Waals surface area (Å²) in [7, 11) is 0. The number of rotatable bonds is 8. The molecule has 0 spiro atoms. The second-order valence-electron chi connectivity index (χ2n) is 6.72. The van der Waals surface area contributed by atoms with Gasteiger partial charge in [-0.05, 0) is 43.5 Å². The molecule has 2 N–H and O–H groups in total. The van der Waals surface area contributed by atoms with E-state index in [1.807, 2.05) is 0 Å². The maximum Gasteiger partial charge on any atom is 0.191 e. The highest BCUT2D eigenvalue weighted by molar-refractivity contribution is 7.09. The average Bonchev–Trinajstić information content (AvgIpc) is 3.24. The zero-order valence-electron chi connectivity index (χ0n) is 16.2. The smallest absolute Gasteiger partial charge is 0.191 e. The number of aliphatic imine (C=N–C) groups is 1. The molecule has 146 valence electrons. The van der Waals surface area contributed by atoms with E-state index in [2.05, 4.69) is 80.2 Å². The van der Waals surface area contributed by atoms with Gasteiger partial charge in [0.25, 0.3) is 0 Å². The van der Waals surface area contributed by atoms with Crippen molar-refractivity contribution in [3.05, 3.63) is 52.7 Å². The largest absolute Gasteiger partial charge is 0.369 e. The summed E-state index contributed by atoms with van der Waals surface area (Å²) in [5, 5.41) is 8.89. The van der Waals surface area contributed by atoms with E-state index >= 15 is 0 Å². The molecular weight excluding hydrogens is 354 g/mol. The first kappa shape index (κ1) is 19.7. The fourth-order valence-corrected chi connectivity index (χ4v) is 3.91. The highest BCUT2D eigenvalue weighted by Crippen LogP contribution is 2.15. The second-order valence-corrected chi connectivity index (χ2v) is 7.75. The van der Waals surface area contributed by atoms with Crippen molar-refractivity contribution in [2.24, 2.45) is 4.99 Å². The second kappa shape index (κ2) is 10.9. The number of para-hydroxylation sites is 1. The molecule has 1 aromatic carbocycles. The molecule has 2 heterocycles. The van der Waals surface area contributed by atoms with Crippen molar-refractivity contribution < 1.29 is 0 Å². The fraction of sp³-hybridized carbons (Fsp3) is 0.476. The Morgan fingerprint density at radius 2 is 1.85 bits per heavy atom. The standard InChI is InChI=1S/C21H31N5S/c1-2-22-21(24-18-20-10-6-17-27-20)23-11-7-12-25-13-15-26(16-14-25)19-8-4-3-5-9-19/h3-6,8-10,17H,2,7,11-16,18H2,1H3,(H2,22,23,24). The predicted molar refractivity (Wildman–Crippen MR) is 117 cm³/mol. The Bertz CT molecular complexity index is 663. The van der Waals surface area contributed by atoms with E-state index < -0.39 is 0 Å². The minimum Gasteiger partial charge on any atom is -0.369 e. The van der Waals surface area contributed by atoms with E-state index in [0.29, 0.717) is 0 Å². The van der Waals surface area contributed by atoms with Gasteiger partial charge in [0, 0.05) is 49.8 Å². The van der Waals surface area contributed by atoms with Crippen molar-refractivity contribution in [1.82, 2.24) is 15.5 Å². The number of hydrogen-bond acceptors (Lipinski definition) is 4. The first-order valence-corrected chi connectivity index (χ1v) is 10.8.